The molecule has 3 rings (SSSR count). The second kappa shape index (κ2) is 4.73. The Balaban J connectivity index is 2.06. The molecule has 0 amide bonds. The Bertz CT molecular complexity index is 610. The van der Waals surface area contributed by atoms with Crippen LogP contribution < -0.4 is 0 Å². The summed E-state index contributed by atoms with van der Waals surface area (Å²) in [5.74, 6) is 0.780. The minimum atomic E-state index is -0.156. The fourth-order valence-corrected chi connectivity index (χ4v) is 3.68. The molecule has 20 heavy (non-hydrogen) atoms. The van der Waals surface area contributed by atoms with Crippen molar-refractivity contribution in [2.24, 2.45) is 0 Å². The summed E-state index contributed by atoms with van der Waals surface area (Å²) in [7, 11) is 0. The van der Waals surface area contributed by atoms with Crippen molar-refractivity contribution in [1.29, 1.82) is 0 Å². The highest BCUT2D eigenvalue weighted by Gasteiger charge is 2.37. The summed E-state index contributed by atoms with van der Waals surface area (Å²) in [4.78, 5) is 0. The van der Waals surface area contributed by atoms with Crippen LogP contribution in [-0.4, -0.2) is 0 Å². The van der Waals surface area contributed by atoms with Crippen molar-refractivity contribution in [3.05, 3.63) is 71.0 Å². The third-order valence-corrected chi connectivity index (χ3v) is 4.81. The average molecular weight is 268 g/mol. The highest BCUT2D eigenvalue weighted by atomic mass is 19.1. The number of hydrogen-bond donors (Lipinski definition) is 0. The minimum Gasteiger partial charge on any atom is -0.207 e. The highest BCUT2D eigenvalue weighted by molar-refractivity contribution is 5.42. The standard InChI is InChI=1S/C19H21F/c1-13-16-6-4-5-7-18(16)19(2,3)12-17(13)14-8-10-15(20)11-9-14/h4-11,13,17H,12H2,1-3H3/t13-,17+/m0/s1. The first-order chi connectivity index (χ1) is 9.49. The van der Waals surface area contributed by atoms with Gasteiger partial charge in [0.05, 0.1) is 0 Å². The summed E-state index contributed by atoms with van der Waals surface area (Å²) >= 11 is 0. The summed E-state index contributed by atoms with van der Waals surface area (Å²) in [5.41, 5.74) is 4.33. The van der Waals surface area contributed by atoms with E-state index in [0.29, 0.717) is 11.8 Å². The van der Waals surface area contributed by atoms with E-state index in [1.54, 1.807) is 12.1 Å². The molecule has 0 nitrogen and oxygen atoms in total. The Labute approximate surface area is 120 Å². The molecule has 0 aromatic heterocycles. The van der Waals surface area contributed by atoms with Gasteiger partial charge in [0.15, 0.2) is 0 Å². The van der Waals surface area contributed by atoms with E-state index in [4.69, 9.17) is 0 Å². The molecule has 0 fully saturated rings. The molecule has 2 aromatic carbocycles. The molecule has 2 aromatic rings. The zero-order chi connectivity index (χ0) is 14.3. The van der Waals surface area contributed by atoms with Crippen molar-refractivity contribution in [2.75, 3.05) is 0 Å². The summed E-state index contributed by atoms with van der Waals surface area (Å²) in [6, 6.07) is 15.8. The van der Waals surface area contributed by atoms with Crippen molar-refractivity contribution in [1.82, 2.24) is 0 Å². The zero-order valence-corrected chi connectivity index (χ0v) is 12.4. The van der Waals surface area contributed by atoms with E-state index in [1.165, 1.54) is 16.7 Å². The molecule has 0 spiro atoms. The molecule has 0 saturated heterocycles. The molecule has 0 radical (unpaired) electrons. The topological polar surface area (TPSA) is 0 Å². The molecule has 0 unspecified atom stereocenters. The van der Waals surface area contributed by atoms with Crippen LogP contribution in [0.4, 0.5) is 4.39 Å². The zero-order valence-electron chi connectivity index (χ0n) is 12.4. The fraction of sp³-hybridized carbons (Fsp3) is 0.368. The van der Waals surface area contributed by atoms with Crippen LogP contribution in [0.1, 0.15) is 55.7 Å². The van der Waals surface area contributed by atoms with Gasteiger partial charge in [0.25, 0.3) is 0 Å². The molecule has 0 bridgehead atoms. The van der Waals surface area contributed by atoms with Crippen molar-refractivity contribution >= 4 is 0 Å². The van der Waals surface area contributed by atoms with Crippen LogP contribution >= 0.6 is 0 Å². The second-order valence-corrected chi connectivity index (χ2v) is 6.62. The molecule has 0 saturated carbocycles. The Morgan fingerprint density at radius 2 is 1.65 bits per heavy atom. The number of benzene rings is 2. The minimum absolute atomic E-state index is 0.156. The SMILES string of the molecule is C[C@H]1c2ccccc2C(C)(C)C[C@H]1c1ccc(F)cc1. The van der Waals surface area contributed by atoms with Gasteiger partial charge in [-0.25, -0.2) is 4.39 Å². The molecule has 2 atom stereocenters. The Hall–Kier alpha value is -1.63. The van der Waals surface area contributed by atoms with Crippen LogP contribution in [0, 0.1) is 5.82 Å². The largest absolute Gasteiger partial charge is 0.207 e. The van der Waals surface area contributed by atoms with Gasteiger partial charge in [-0.15, -0.1) is 0 Å². The molecule has 0 heterocycles. The van der Waals surface area contributed by atoms with E-state index < -0.39 is 0 Å². The molecule has 0 N–H and O–H groups in total. The third-order valence-electron chi connectivity index (χ3n) is 4.81. The number of halogens is 1. The molecule has 1 aliphatic carbocycles. The first-order valence-corrected chi connectivity index (χ1v) is 7.34. The van der Waals surface area contributed by atoms with Crippen LogP contribution in [0.25, 0.3) is 0 Å². The maximum absolute atomic E-state index is 13.1. The van der Waals surface area contributed by atoms with Crippen LogP contribution in [0.3, 0.4) is 0 Å². The monoisotopic (exact) mass is 268 g/mol. The lowest BCUT2D eigenvalue weighted by atomic mass is 9.62. The lowest BCUT2D eigenvalue weighted by Crippen LogP contribution is -2.30. The predicted molar refractivity (Wildman–Crippen MR) is 81.6 cm³/mol. The second-order valence-electron chi connectivity index (χ2n) is 6.62. The van der Waals surface area contributed by atoms with E-state index in [9.17, 15) is 4.39 Å². The fourth-order valence-electron chi connectivity index (χ4n) is 3.68. The molecular weight excluding hydrogens is 247 g/mol. The van der Waals surface area contributed by atoms with E-state index in [0.717, 1.165) is 6.42 Å². The van der Waals surface area contributed by atoms with E-state index in [-0.39, 0.29) is 11.2 Å². The maximum atomic E-state index is 13.1. The van der Waals surface area contributed by atoms with E-state index >= 15 is 0 Å². The molecular formula is C19H21F. The quantitative estimate of drug-likeness (QED) is 0.650. The summed E-state index contributed by atoms with van der Waals surface area (Å²) in [6.07, 6.45) is 1.11. The Kier molecular flexibility index (Phi) is 3.16. The van der Waals surface area contributed by atoms with Crippen molar-refractivity contribution < 1.29 is 4.39 Å². The molecule has 1 aliphatic rings. The molecule has 104 valence electrons. The summed E-state index contributed by atoms with van der Waals surface area (Å²) < 4.78 is 13.1. The van der Waals surface area contributed by atoms with Gasteiger partial charge in [-0.2, -0.15) is 0 Å². The third kappa shape index (κ3) is 2.15. The van der Waals surface area contributed by atoms with Gasteiger partial charge in [-0.1, -0.05) is 57.2 Å². The van der Waals surface area contributed by atoms with Gasteiger partial charge in [-0.3, -0.25) is 0 Å². The van der Waals surface area contributed by atoms with Crippen molar-refractivity contribution in [3.8, 4) is 0 Å². The maximum Gasteiger partial charge on any atom is 0.123 e. The van der Waals surface area contributed by atoms with Crippen molar-refractivity contribution in [3.63, 3.8) is 0 Å². The van der Waals surface area contributed by atoms with Crippen LogP contribution in [0.2, 0.25) is 0 Å². The van der Waals surface area contributed by atoms with Gasteiger partial charge >= 0.3 is 0 Å². The number of fused-ring (bicyclic) bond motifs is 1. The van der Waals surface area contributed by atoms with Crippen LogP contribution in [-0.2, 0) is 5.41 Å². The highest BCUT2D eigenvalue weighted by Crippen LogP contribution is 2.49. The number of rotatable bonds is 1. The lowest BCUT2D eigenvalue weighted by molar-refractivity contribution is 0.357. The molecule has 0 aliphatic heterocycles. The summed E-state index contributed by atoms with van der Waals surface area (Å²) in [5, 5.41) is 0. The average Bonchev–Trinajstić information content (AvgIpc) is 2.44. The van der Waals surface area contributed by atoms with Gasteiger partial charge in [-0.05, 0) is 52.5 Å². The van der Waals surface area contributed by atoms with Gasteiger partial charge in [0.1, 0.15) is 5.82 Å². The molecule has 1 heteroatoms. The number of hydrogen-bond acceptors (Lipinski definition) is 0. The van der Waals surface area contributed by atoms with Gasteiger partial charge in [0.2, 0.25) is 0 Å². The Morgan fingerprint density at radius 3 is 2.35 bits per heavy atom. The van der Waals surface area contributed by atoms with Gasteiger partial charge in [0, 0.05) is 0 Å². The predicted octanol–water partition coefficient (Wildman–Crippen LogP) is 5.39. The first-order valence-electron chi connectivity index (χ1n) is 7.34. The lowest BCUT2D eigenvalue weighted by Gasteiger charge is -2.41. The summed E-state index contributed by atoms with van der Waals surface area (Å²) in [6.45, 7) is 6.92. The normalized spacial score (nSPS) is 24.2. The van der Waals surface area contributed by atoms with Crippen LogP contribution in [0.15, 0.2) is 48.5 Å². The van der Waals surface area contributed by atoms with E-state index in [2.05, 4.69) is 45.0 Å². The van der Waals surface area contributed by atoms with E-state index in [1.807, 2.05) is 12.1 Å². The Morgan fingerprint density at radius 1 is 1.00 bits per heavy atom. The smallest absolute Gasteiger partial charge is 0.123 e. The van der Waals surface area contributed by atoms with Crippen LogP contribution in [0.5, 0.6) is 0 Å². The van der Waals surface area contributed by atoms with Crippen molar-refractivity contribution in [2.45, 2.75) is 44.4 Å². The van der Waals surface area contributed by atoms with Gasteiger partial charge < -0.3 is 0 Å². The first kappa shape index (κ1) is 13.4.